The number of rotatable bonds is 2. The van der Waals surface area contributed by atoms with Crippen molar-refractivity contribution in [2.45, 2.75) is 6.92 Å². The van der Waals surface area contributed by atoms with Gasteiger partial charge in [0.05, 0.1) is 0 Å². The summed E-state index contributed by atoms with van der Waals surface area (Å²) in [5, 5.41) is 2.83. The molecule has 1 N–H and O–H groups in total. The molecule has 0 bridgehead atoms. The van der Waals surface area contributed by atoms with Gasteiger partial charge in [-0.25, -0.2) is 4.99 Å². The summed E-state index contributed by atoms with van der Waals surface area (Å²) >= 11 is 0. The summed E-state index contributed by atoms with van der Waals surface area (Å²) in [5.41, 5.74) is 0. The molecule has 0 amide bonds. The van der Waals surface area contributed by atoms with Crippen molar-refractivity contribution in [1.29, 1.82) is 0 Å². The molecule has 0 rings (SSSR count). The Balaban J connectivity index is 3.60. The minimum Gasteiger partial charge on any atom is -0.373 e. The van der Waals surface area contributed by atoms with Gasteiger partial charge in [0.15, 0.2) is 0 Å². The third-order valence-corrected chi connectivity index (χ3v) is 0.700. The van der Waals surface area contributed by atoms with E-state index in [-0.39, 0.29) is 0 Å². The van der Waals surface area contributed by atoms with Gasteiger partial charge in [-0.15, -0.1) is 0 Å². The SMILES string of the molecule is C=N/C(=C\C)NC. The Morgan fingerprint density at radius 3 is 2.43 bits per heavy atom. The summed E-state index contributed by atoms with van der Waals surface area (Å²) in [4.78, 5) is 3.62. The van der Waals surface area contributed by atoms with Crippen molar-refractivity contribution < 1.29 is 0 Å². The molecule has 0 aromatic heterocycles. The fraction of sp³-hybridized carbons (Fsp3) is 0.400. The normalized spacial score (nSPS) is 10.9. The minimum atomic E-state index is 0.819. The second kappa shape index (κ2) is 3.40. The van der Waals surface area contributed by atoms with Gasteiger partial charge < -0.3 is 5.32 Å². The highest BCUT2D eigenvalue weighted by Crippen LogP contribution is 1.83. The first-order valence-corrected chi connectivity index (χ1v) is 2.16. The summed E-state index contributed by atoms with van der Waals surface area (Å²) < 4.78 is 0. The van der Waals surface area contributed by atoms with Crippen LogP contribution in [0.5, 0.6) is 0 Å². The quantitative estimate of drug-likeness (QED) is 0.507. The molecule has 0 atom stereocenters. The first kappa shape index (κ1) is 6.21. The Hall–Kier alpha value is -0.790. The van der Waals surface area contributed by atoms with Crippen LogP contribution >= 0.6 is 0 Å². The average Bonchev–Trinajstić information content (AvgIpc) is 1.72. The van der Waals surface area contributed by atoms with Gasteiger partial charge in [-0.05, 0) is 19.7 Å². The van der Waals surface area contributed by atoms with E-state index in [1.807, 2.05) is 20.0 Å². The van der Waals surface area contributed by atoms with E-state index in [0.717, 1.165) is 5.82 Å². The van der Waals surface area contributed by atoms with Crippen molar-refractivity contribution in [3.05, 3.63) is 11.9 Å². The molecular weight excluding hydrogens is 88.1 g/mol. The Kier molecular flexibility index (Phi) is 3.02. The van der Waals surface area contributed by atoms with Crippen LogP contribution in [0.2, 0.25) is 0 Å². The van der Waals surface area contributed by atoms with E-state index in [1.165, 1.54) is 0 Å². The zero-order valence-corrected chi connectivity index (χ0v) is 4.73. The summed E-state index contributed by atoms with van der Waals surface area (Å²) in [6.07, 6.45) is 1.85. The van der Waals surface area contributed by atoms with Crippen LogP contribution in [0.3, 0.4) is 0 Å². The van der Waals surface area contributed by atoms with Crippen LogP contribution in [0.15, 0.2) is 16.9 Å². The molecule has 40 valence electrons. The Labute approximate surface area is 44.0 Å². The minimum absolute atomic E-state index is 0.819. The molecule has 0 spiro atoms. The summed E-state index contributed by atoms with van der Waals surface area (Å²) in [6.45, 7) is 5.23. The maximum atomic E-state index is 3.62. The largest absolute Gasteiger partial charge is 0.373 e. The van der Waals surface area contributed by atoms with E-state index in [1.54, 1.807) is 0 Å². The molecule has 0 heterocycles. The fourth-order valence-corrected chi connectivity index (χ4v) is 0.315. The van der Waals surface area contributed by atoms with E-state index in [4.69, 9.17) is 0 Å². The predicted octanol–water partition coefficient (Wildman–Crippen LogP) is 0.768. The smallest absolute Gasteiger partial charge is 0.120 e. The molecule has 7 heavy (non-hydrogen) atoms. The van der Waals surface area contributed by atoms with Crippen molar-refractivity contribution in [1.82, 2.24) is 5.32 Å². The first-order valence-electron chi connectivity index (χ1n) is 2.16. The number of allylic oxidation sites excluding steroid dienone is 1. The van der Waals surface area contributed by atoms with Crippen LogP contribution in [-0.4, -0.2) is 13.8 Å². The lowest BCUT2D eigenvalue weighted by Crippen LogP contribution is -2.01. The lowest BCUT2D eigenvalue weighted by molar-refractivity contribution is 0.965. The highest BCUT2D eigenvalue weighted by molar-refractivity contribution is 5.27. The summed E-state index contributed by atoms with van der Waals surface area (Å²) in [6, 6.07) is 0. The van der Waals surface area contributed by atoms with Gasteiger partial charge in [0.1, 0.15) is 5.82 Å². The third-order valence-electron chi connectivity index (χ3n) is 0.700. The molecule has 0 aromatic carbocycles. The molecule has 2 heteroatoms. The van der Waals surface area contributed by atoms with Crippen LogP contribution in [0.1, 0.15) is 6.92 Å². The number of nitrogens with zero attached hydrogens (tertiary/aromatic N) is 1. The second-order valence-electron chi connectivity index (χ2n) is 1.08. The molecule has 0 radical (unpaired) electrons. The van der Waals surface area contributed by atoms with Gasteiger partial charge in [0.25, 0.3) is 0 Å². The molecule has 0 saturated carbocycles. The van der Waals surface area contributed by atoms with E-state index in [9.17, 15) is 0 Å². The van der Waals surface area contributed by atoms with Crippen LogP contribution in [0.4, 0.5) is 0 Å². The third kappa shape index (κ3) is 1.98. The van der Waals surface area contributed by atoms with Gasteiger partial charge in [-0.3, -0.25) is 0 Å². The number of nitrogens with one attached hydrogen (secondary N) is 1. The van der Waals surface area contributed by atoms with Gasteiger partial charge in [-0.1, -0.05) is 0 Å². The fourth-order valence-electron chi connectivity index (χ4n) is 0.315. The molecule has 0 fully saturated rings. The maximum Gasteiger partial charge on any atom is 0.120 e. The van der Waals surface area contributed by atoms with E-state index < -0.39 is 0 Å². The van der Waals surface area contributed by atoms with E-state index in [0.29, 0.717) is 0 Å². The second-order valence-corrected chi connectivity index (χ2v) is 1.08. The Bertz CT molecular complexity index is 84.1. The van der Waals surface area contributed by atoms with Gasteiger partial charge in [0.2, 0.25) is 0 Å². The number of hydrogen-bond donors (Lipinski definition) is 1. The summed E-state index contributed by atoms with van der Waals surface area (Å²) in [7, 11) is 1.81. The van der Waals surface area contributed by atoms with Crippen molar-refractivity contribution in [3.8, 4) is 0 Å². The zero-order chi connectivity index (χ0) is 5.70. The first-order chi connectivity index (χ1) is 3.35. The molecule has 0 aliphatic heterocycles. The standard InChI is InChI=1S/C5H10N2/c1-4-5(6-2)7-3/h4,7H,2H2,1,3H3/b5-4+. The van der Waals surface area contributed by atoms with Crippen LogP contribution in [-0.2, 0) is 0 Å². The Morgan fingerprint density at radius 2 is 2.43 bits per heavy atom. The van der Waals surface area contributed by atoms with Crippen LogP contribution in [0, 0.1) is 0 Å². The van der Waals surface area contributed by atoms with Gasteiger partial charge in [0, 0.05) is 7.05 Å². The molecule has 0 aliphatic carbocycles. The number of hydrogen-bond acceptors (Lipinski definition) is 2. The molecule has 0 saturated heterocycles. The van der Waals surface area contributed by atoms with Crippen molar-refractivity contribution in [3.63, 3.8) is 0 Å². The Morgan fingerprint density at radius 1 is 1.86 bits per heavy atom. The molecular formula is C5H10N2. The van der Waals surface area contributed by atoms with E-state index in [2.05, 4.69) is 17.0 Å². The van der Waals surface area contributed by atoms with Gasteiger partial charge in [-0.2, -0.15) is 0 Å². The lowest BCUT2D eigenvalue weighted by atomic mass is 10.6. The predicted molar refractivity (Wildman–Crippen MR) is 32.4 cm³/mol. The highest BCUT2D eigenvalue weighted by Gasteiger charge is 1.75. The van der Waals surface area contributed by atoms with Crippen molar-refractivity contribution >= 4 is 6.72 Å². The molecule has 0 unspecified atom stereocenters. The van der Waals surface area contributed by atoms with Crippen LogP contribution in [0.25, 0.3) is 0 Å². The molecule has 0 aliphatic rings. The van der Waals surface area contributed by atoms with Crippen molar-refractivity contribution in [2.75, 3.05) is 7.05 Å². The van der Waals surface area contributed by atoms with E-state index >= 15 is 0 Å². The van der Waals surface area contributed by atoms with Crippen molar-refractivity contribution in [2.24, 2.45) is 4.99 Å². The highest BCUT2D eigenvalue weighted by atomic mass is 15.0. The zero-order valence-electron chi connectivity index (χ0n) is 4.73. The lowest BCUT2D eigenvalue weighted by Gasteiger charge is -1.92. The maximum absolute atomic E-state index is 3.62. The summed E-state index contributed by atoms with van der Waals surface area (Å²) in [5.74, 6) is 0.819. The topological polar surface area (TPSA) is 24.4 Å². The van der Waals surface area contributed by atoms with Crippen LogP contribution < -0.4 is 5.32 Å². The monoisotopic (exact) mass is 98.1 g/mol. The molecule has 2 nitrogen and oxygen atoms in total. The number of aliphatic imine (C=N–C) groups is 1. The van der Waals surface area contributed by atoms with Gasteiger partial charge >= 0.3 is 0 Å². The molecule has 0 aromatic rings. The average molecular weight is 98.1 g/mol.